The van der Waals surface area contributed by atoms with Crippen molar-refractivity contribution in [3.05, 3.63) is 108 Å². The van der Waals surface area contributed by atoms with Crippen LogP contribution in [0.3, 0.4) is 0 Å². The Balaban J connectivity index is 1.31. The first-order chi connectivity index (χ1) is 19.6. The number of benzene rings is 4. The largest absolute Gasteiger partial charge is 0.223 e. The summed E-state index contributed by atoms with van der Waals surface area (Å²) in [4.78, 5) is 18.5. The monoisotopic (exact) mass is 590 g/mol. The molecule has 8 heteroatoms. The van der Waals surface area contributed by atoms with Crippen molar-refractivity contribution < 1.29 is 0 Å². The molecule has 0 bridgehead atoms. The average molecular weight is 592 g/mol. The summed E-state index contributed by atoms with van der Waals surface area (Å²) in [6.07, 6.45) is 0. The van der Waals surface area contributed by atoms with Crippen LogP contribution in [-0.4, -0.2) is 19.9 Å². The molecule has 0 N–H and O–H groups in total. The van der Waals surface area contributed by atoms with Gasteiger partial charge in [0.15, 0.2) is 0 Å². The number of aromatic nitrogens is 4. The lowest BCUT2D eigenvalue weighted by Crippen LogP contribution is -1.88. The molecule has 4 aromatic carbocycles. The summed E-state index contributed by atoms with van der Waals surface area (Å²) in [6, 6.07) is 33.2. The Labute approximate surface area is 246 Å². The Morgan fingerprint density at radius 3 is 1.30 bits per heavy atom. The predicted molar refractivity (Wildman–Crippen MR) is 170 cm³/mol. The first-order valence-electron chi connectivity index (χ1n) is 12.5. The molecule has 0 amide bonds. The van der Waals surface area contributed by atoms with Crippen LogP contribution in [0.4, 0.5) is 0 Å². The number of thiophene rings is 2. The van der Waals surface area contributed by atoms with Gasteiger partial charge in [0.25, 0.3) is 0 Å². The maximum Gasteiger partial charge on any atom is 0.223 e. The van der Waals surface area contributed by atoms with E-state index in [0.717, 1.165) is 74.2 Å². The van der Waals surface area contributed by atoms with Gasteiger partial charge < -0.3 is 0 Å². The third kappa shape index (κ3) is 3.87. The van der Waals surface area contributed by atoms with Gasteiger partial charge in [0.2, 0.25) is 10.6 Å². The summed E-state index contributed by atoms with van der Waals surface area (Å²) < 4.78 is 4.34. The molecule has 0 saturated carbocycles. The fourth-order valence-corrected chi connectivity index (χ4v) is 7.78. The average Bonchev–Trinajstić information content (AvgIpc) is 3.54. The van der Waals surface area contributed by atoms with Gasteiger partial charge in [0.05, 0.1) is 31.8 Å². The molecule has 190 valence electrons. The lowest BCUT2D eigenvalue weighted by Gasteiger charge is -2.04. The van der Waals surface area contributed by atoms with Crippen LogP contribution in [0.1, 0.15) is 0 Å². The normalized spacial score (nSPS) is 11.8. The molecule has 0 aliphatic heterocycles. The molecule has 4 heterocycles. The number of hydrogen-bond donors (Lipinski definition) is 0. The SMILES string of the molecule is Clc1nc(-c2ccccc2)c2sc3ccc(-c4ccc5sc6c(-c7ccccc7)nc(Cl)nc6c5c4)cc3c2n1. The highest BCUT2D eigenvalue weighted by Gasteiger charge is 2.18. The Kier molecular flexibility index (Phi) is 5.57. The zero-order valence-electron chi connectivity index (χ0n) is 20.6. The van der Waals surface area contributed by atoms with E-state index in [4.69, 9.17) is 23.2 Å². The van der Waals surface area contributed by atoms with E-state index in [1.807, 2.05) is 60.7 Å². The topological polar surface area (TPSA) is 51.6 Å². The Bertz CT molecular complexity index is 2080. The van der Waals surface area contributed by atoms with Gasteiger partial charge in [-0.15, -0.1) is 22.7 Å². The fourth-order valence-electron chi connectivity index (χ4n) is 5.18. The summed E-state index contributed by atoms with van der Waals surface area (Å²) in [5.41, 5.74) is 7.68. The van der Waals surface area contributed by atoms with Crippen LogP contribution < -0.4 is 0 Å². The lowest BCUT2D eigenvalue weighted by molar-refractivity contribution is 1.23. The second-order valence-corrected chi connectivity index (χ2v) is 12.2. The Morgan fingerprint density at radius 1 is 0.450 bits per heavy atom. The van der Waals surface area contributed by atoms with Gasteiger partial charge in [-0.1, -0.05) is 72.8 Å². The first-order valence-corrected chi connectivity index (χ1v) is 14.9. The molecule has 4 aromatic heterocycles. The number of fused-ring (bicyclic) bond motifs is 6. The smallest absolute Gasteiger partial charge is 0.216 e. The molecular weight excluding hydrogens is 575 g/mol. The van der Waals surface area contributed by atoms with Crippen LogP contribution >= 0.6 is 45.9 Å². The zero-order chi connectivity index (χ0) is 26.8. The van der Waals surface area contributed by atoms with Gasteiger partial charge in [-0.2, -0.15) is 0 Å². The van der Waals surface area contributed by atoms with Crippen LogP contribution in [-0.2, 0) is 0 Å². The molecule has 0 unspecified atom stereocenters. The van der Waals surface area contributed by atoms with Gasteiger partial charge in [-0.05, 0) is 58.6 Å². The third-order valence-corrected chi connectivity index (χ3v) is 9.67. The molecule has 8 aromatic rings. The summed E-state index contributed by atoms with van der Waals surface area (Å²) in [6.45, 7) is 0. The summed E-state index contributed by atoms with van der Waals surface area (Å²) in [5.74, 6) is 0. The number of rotatable bonds is 3. The van der Waals surface area contributed by atoms with Crippen molar-refractivity contribution in [1.82, 2.24) is 19.9 Å². The van der Waals surface area contributed by atoms with Gasteiger partial charge in [-0.25, -0.2) is 19.9 Å². The van der Waals surface area contributed by atoms with Crippen molar-refractivity contribution >= 4 is 86.5 Å². The Morgan fingerprint density at radius 2 is 0.875 bits per heavy atom. The second-order valence-electron chi connectivity index (χ2n) is 9.40. The van der Waals surface area contributed by atoms with Crippen molar-refractivity contribution in [2.24, 2.45) is 0 Å². The van der Waals surface area contributed by atoms with E-state index >= 15 is 0 Å². The van der Waals surface area contributed by atoms with Gasteiger partial charge in [-0.3, -0.25) is 0 Å². The number of nitrogens with zero attached hydrogens (tertiary/aromatic N) is 4. The molecule has 0 radical (unpaired) electrons. The molecule has 4 nitrogen and oxygen atoms in total. The summed E-state index contributed by atoms with van der Waals surface area (Å²) in [7, 11) is 0. The molecule has 0 aliphatic carbocycles. The van der Waals surface area contributed by atoms with Gasteiger partial charge >= 0.3 is 0 Å². The minimum atomic E-state index is 0.244. The summed E-state index contributed by atoms with van der Waals surface area (Å²) in [5, 5.41) is 2.61. The van der Waals surface area contributed by atoms with E-state index in [0.29, 0.717) is 0 Å². The van der Waals surface area contributed by atoms with E-state index < -0.39 is 0 Å². The summed E-state index contributed by atoms with van der Waals surface area (Å²) >= 11 is 16.2. The van der Waals surface area contributed by atoms with Gasteiger partial charge in [0, 0.05) is 31.3 Å². The molecular formula is C32H16Cl2N4S2. The van der Waals surface area contributed by atoms with Crippen molar-refractivity contribution in [3.8, 4) is 33.6 Å². The van der Waals surface area contributed by atoms with E-state index in [1.165, 1.54) is 0 Å². The maximum atomic E-state index is 6.43. The van der Waals surface area contributed by atoms with E-state index in [-0.39, 0.29) is 10.6 Å². The highest BCUT2D eigenvalue weighted by Crippen LogP contribution is 2.43. The van der Waals surface area contributed by atoms with Crippen molar-refractivity contribution in [2.75, 3.05) is 0 Å². The molecule has 0 atom stereocenters. The highest BCUT2D eigenvalue weighted by atomic mass is 35.5. The van der Waals surface area contributed by atoms with Crippen LogP contribution in [0.25, 0.3) is 74.2 Å². The number of halogens is 2. The van der Waals surface area contributed by atoms with E-state index in [2.05, 4.69) is 56.3 Å². The highest BCUT2D eigenvalue weighted by molar-refractivity contribution is 7.26. The molecule has 0 fully saturated rings. The Hall–Kier alpha value is -3.94. The molecule has 40 heavy (non-hydrogen) atoms. The fraction of sp³-hybridized carbons (Fsp3) is 0. The van der Waals surface area contributed by atoms with Gasteiger partial charge in [0.1, 0.15) is 0 Å². The molecule has 0 spiro atoms. The standard InChI is InChI=1S/C32H16Cl2N4S2/c33-31-35-25(17-7-3-1-4-8-17)29-27(37-31)21-15-19(11-13-23(21)39-29)20-12-14-24-22(16-20)28-30(40-24)26(36-32(34)38-28)18-9-5-2-6-10-18/h1-16H. The lowest BCUT2D eigenvalue weighted by atomic mass is 10.0. The van der Waals surface area contributed by atoms with Crippen LogP contribution in [0.15, 0.2) is 97.1 Å². The van der Waals surface area contributed by atoms with E-state index in [1.54, 1.807) is 22.7 Å². The van der Waals surface area contributed by atoms with Crippen molar-refractivity contribution in [3.63, 3.8) is 0 Å². The maximum absolute atomic E-state index is 6.43. The van der Waals surface area contributed by atoms with Crippen molar-refractivity contribution in [2.45, 2.75) is 0 Å². The minimum absolute atomic E-state index is 0.244. The predicted octanol–water partition coefficient (Wildman–Crippen LogP) is 10.3. The molecule has 0 saturated heterocycles. The molecule has 0 aliphatic rings. The van der Waals surface area contributed by atoms with Crippen molar-refractivity contribution in [1.29, 1.82) is 0 Å². The second kappa shape index (κ2) is 9.32. The van der Waals surface area contributed by atoms with E-state index in [9.17, 15) is 0 Å². The van der Waals surface area contributed by atoms with Crippen LogP contribution in [0, 0.1) is 0 Å². The van der Waals surface area contributed by atoms with Crippen LogP contribution in [0.2, 0.25) is 10.6 Å². The third-order valence-electron chi connectivity index (χ3n) is 7.00. The zero-order valence-corrected chi connectivity index (χ0v) is 23.7. The van der Waals surface area contributed by atoms with Crippen LogP contribution in [0.5, 0.6) is 0 Å². The quantitative estimate of drug-likeness (QED) is 0.192. The molecule has 8 rings (SSSR count). The first kappa shape index (κ1) is 23.9. The number of hydrogen-bond acceptors (Lipinski definition) is 6. The minimum Gasteiger partial charge on any atom is -0.216 e.